The zero-order chi connectivity index (χ0) is 15.5. The molecule has 0 fully saturated rings. The molecule has 0 rings (SSSR count). The van der Waals surface area contributed by atoms with Crippen molar-refractivity contribution < 1.29 is 45.0 Å². The lowest BCUT2D eigenvalue weighted by atomic mass is 10.3. The molecule has 0 heterocycles. The minimum absolute atomic E-state index is 0.0278. The molecule has 0 saturated heterocycles. The summed E-state index contributed by atoms with van der Waals surface area (Å²) in [6.45, 7) is 0.446. The quantitative estimate of drug-likeness (QED) is 0.274. The Bertz CT molecular complexity index is 175. The van der Waals surface area contributed by atoms with Gasteiger partial charge >= 0.3 is 11.9 Å². The van der Waals surface area contributed by atoms with Crippen molar-refractivity contribution in [2.75, 3.05) is 39.6 Å². The van der Waals surface area contributed by atoms with Crippen LogP contribution < -0.4 is 0 Å². The van der Waals surface area contributed by atoms with Crippen molar-refractivity contribution in [3.8, 4) is 0 Å². The Balaban J connectivity index is -0.000000214. The fourth-order valence-corrected chi connectivity index (χ4v) is 0.445. The highest BCUT2D eigenvalue weighted by atomic mass is 16.5. The van der Waals surface area contributed by atoms with Crippen LogP contribution in [0, 0.1) is 0 Å². The molecule has 0 amide bonds. The van der Waals surface area contributed by atoms with Crippen molar-refractivity contribution >= 4 is 11.9 Å². The lowest BCUT2D eigenvalue weighted by molar-refractivity contribution is -0.143. The summed E-state index contributed by atoms with van der Waals surface area (Å²) in [7, 11) is 0. The van der Waals surface area contributed by atoms with E-state index in [2.05, 4.69) is 4.74 Å². The molecule has 0 aromatic carbocycles. The van der Waals surface area contributed by atoms with E-state index in [1.54, 1.807) is 0 Å². The molecule has 0 aliphatic carbocycles. The fourth-order valence-electron chi connectivity index (χ4n) is 0.445. The van der Waals surface area contributed by atoms with Gasteiger partial charge < -0.3 is 35.4 Å². The van der Waals surface area contributed by atoms with Crippen LogP contribution in [-0.4, -0.2) is 82.2 Å². The largest absolute Gasteiger partial charge is 0.481 e. The van der Waals surface area contributed by atoms with Crippen LogP contribution in [0.5, 0.6) is 0 Å². The van der Waals surface area contributed by atoms with Gasteiger partial charge in [-0.3, -0.25) is 9.59 Å². The van der Waals surface area contributed by atoms with Crippen LogP contribution in [0.3, 0.4) is 0 Å². The first-order chi connectivity index (χ1) is 8.95. The van der Waals surface area contributed by atoms with E-state index in [9.17, 15) is 9.59 Å². The molecule has 19 heavy (non-hydrogen) atoms. The number of carboxylic acid groups (broad SMARTS) is 2. The van der Waals surface area contributed by atoms with Crippen molar-refractivity contribution in [3.05, 3.63) is 0 Å². The van der Waals surface area contributed by atoms with Gasteiger partial charge in [-0.2, -0.15) is 0 Å². The van der Waals surface area contributed by atoms with Crippen LogP contribution in [0.25, 0.3) is 0 Å². The molecule has 9 nitrogen and oxygen atoms in total. The molecule has 0 spiro atoms. The number of aliphatic carboxylic acids is 2. The zero-order valence-corrected chi connectivity index (χ0v) is 10.6. The second-order valence-corrected chi connectivity index (χ2v) is 2.79. The molecule has 0 bridgehead atoms. The van der Waals surface area contributed by atoms with Crippen molar-refractivity contribution in [2.45, 2.75) is 12.8 Å². The van der Waals surface area contributed by atoms with Crippen molar-refractivity contribution in [2.24, 2.45) is 0 Å². The first-order valence-electron chi connectivity index (χ1n) is 5.40. The average molecular weight is 286 g/mol. The number of carboxylic acids is 2. The minimum atomic E-state index is -1.08. The normalized spacial score (nSPS) is 8.63. The van der Waals surface area contributed by atoms with E-state index >= 15 is 0 Å². The van der Waals surface area contributed by atoms with Gasteiger partial charge in [-0.15, -0.1) is 0 Å². The minimum Gasteiger partial charge on any atom is -0.481 e. The van der Waals surface area contributed by atoms with Gasteiger partial charge in [0.2, 0.25) is 0 Å². The topological polar surface area (TPSA) is 165 Å². The molecule has 0 aliphatic heterocycles. The van der Waals surface area contributed by atoms with Crippen LogP contribution >= 0.6 is 0 Å². The molecular formula is C10H22O9. The SMILES string of the molecule is O=C(O)CCC(=O)O.OCCO.OCCOCCO. The third kappa shape index (κ3) is 47.6. The standard InChI is InChI=1S/C4H6O4.C4H10O3.C2H6O2/c5-3(6)1-2-4(7)8;5-1-3-7-4-2-6;3-1-2-4/h1-2H2,(H,5,6)(H,7,8);5-6H,1-4H2;3-4H,1-2H2. The highest BCUT2D eigenvalue weighted by molar-refractivity contribution is 5.75. The van der Waals surface area contributed by atoms with Crippen molar-refractivity contribution in [1.29, 1.82) is 0 Å². The molecule has 116 valence electrons. The number of aliphatic hydroxyl groups excluding tert-OH is 4. The molecule has 9 heteroatoms. The predicted molar refractivity (Wildman–Crippen MR) is 63.7 cm³/mol. The molecular weight excluding hydrogens is 264 g/mol. The molecule has 0 radical (unpaired) electrons. The van der Waals surface area contributed by atoms with Crippen LogP contribution in [0.1, 0.15) is 12.8 Å². The first kappa shape index (κ1) is 22.9. The van der Waals surface area contributed by atoms with E-state index in [-0.39, 0.29) is 39.3 Å². The van der Waals surface area contributed by atoms with Gasteiger partial charge in [-0.1, -0.05) is 0 Å². The van der Waals surface area contributed by atoms with Gasteiger partial charge in [-0.05, 0) is 0 Å². The van der Waals surface area contributed by atoms with E-state index in [0.29, 0.717) is 13.2 Å². The summed E-state index contributed by atoms with van der Waals surface area (Å²) in [5, 5.41) is 47.2. The van der Waals surface area contributed by atoms with Crippen LogP contribution in [-0.2, 0) is 14.3 Å². The van der Waals surface area contributed by atoms with Gasteiger partial charge in [-0.25, -0.2) is 0 Å². The predicted octanol–water partition coefficient (Wildman–Crippen LogP) is -2.11. The molecule has 6 N–H and O–H groups in total. The molecule has 0 saturated carbocycles. The van der Waals surface area contributed by atoms with Gasteiger partial charge in [0, 0.05) is 0 Å². The fraction of sp³-hybridized carbons (Fsp3) is 0.800. The first-order valence-corrected chi connectivity index (χ1v) is 5.40. The van der Waals surface area contributed by atoms with Gasteiger partial charge in [0.15, 0.2) is 0 Å². The number of aliphatic hydroxyl groups is 4. The Morgan fingerprint density at radius 1 is 0.684 bits per heavy atom. The van der Waals surface area contributed by atoms with Crippen LogP contribution in [0.15, 0.2) is 0 Å². The second kappa shape index (κ2) is 22.0. The Morgan fingerprint density at radius 3 is 1.16 bits per heavy atom. The summed E-state index contributed by atoms with van der Waals surface area (Å²) in [5.41, 5.74) is 0. The van der Waals surface area contributed by atoms with Gasteiger partial charge in [0.1, 0.15) is 0 Å². The van der Waals surface area contributed by atoms with Crippen molar-refractivity contribution in [3.63, 3.8) is 0 Å². The Kier molecular flexibility index (Phi) is 26.5. The summed E-state index contributed by atoms with van der Waals surface area (Å²) >= 11 is 0. The zero-order valence-electron chi connectivity index (χ0n) is 10.6. The van der Waals surface area contributed by atoms with E-state index in [1.165, 1.54) is 0 Å². The van der Waals surface area contributed by atoms with E-state index in [1.807, 2.05) is 0 Å². The second-order valence-electron chi connectivity index (χ2n) is 2.79. The number of carbonyl (C=O) groups is 2. The summed E-state index contributed by atoms with van der Waals surface area (Å²) in [6.07, 6.45) is -0.593. The van der Waals surface area contributed by atoms with E-state index in [0.717, 1.165) is 0 Å². The van der Waals surface area contributed by atoms with Gasteiger partial charge in [0.05, 0.1) is 52.5 Å². The maximum Gasteiger partial charge on any atom is 0.303 e. The number of hydrogen-bond donors (Lipinski definition) is 6. The molecule has 0 aromatic heterocycles. The number of rotatable bonds is 8. The Morgan fingerprint density at radius 2 is 1.00 bits per heavy atom. The Hall–Kier alpha value is -1.26. The Labute approximate surface area is 110 Å². The van der Waals surface area contributed by atoms with Gasteiger partial charge in [0.25, 0.3) is 0 Å². The highest BCUT2D eigenvalue weighted by Gasteiger charge is 2.00. The maximum atomic E-state index is 9.64. The monoisotopic (exact) mass is 286 g/mol. The number of hydrogen-bond acceptors (Lipinski definition) is 7. The summed E-state index contributed by atoms with van der Waals surface area (Å²) in [5.74, 6) is -2.15. The highest BCUT2D eigenvalue weighted by Crippen LogP contribution is 1.86. The average Bonchev–Trinajstić information content (AvgIpc) is 2.38. The summed E-state index contributed by atoms with van der Waals surface area (Å²) < 4.78 is 4.63. The third-order valence-corrected chi connectivity index (χ3v) is 1.12. The smallest absolute Gasteiger partial charge is 0.303 e. The van der Waals surface area contributed by atoms with E-state index in [4.69, 9.17) is 30.6 Å². The molecule has 0 unspecified atom stereocenters. The summed E-state index contributed by atoms with van der Waals surface area (Å²) in [6, 6.07) is 0. The molecule has 0 aliphatic rings. The molecule has 0 atom stereocenters. The van der Waals surface area contributed by atoms with Crippen LogP contribution in [0.2, 0.25) is 0 Å². The van der Waals surface area contributed by atoms with Crippen LogP contribution in [0.4, 0.5) is 0 Å². The third-order valence-electron chi connectivity index (χ3n) is 1.12. The van der Waals surface area contributed by atoms with E-state index < -0.39 is 11.9 Å². The lowest BCUT2D eigenvalue weighted by Gasteiger charge is -1.94. The number of ether oxygens (including phenoxy) is 1. The lowest BCUT2D eigenvalue weighted by Crippen LogP contribution is -2.03. The van der Waals surface area contributed by atoms with Crippen molar-refractivity contribution in [1.82, 2.24) is 0 Å². The maximum absolute atomic E-state index is 9.64. The molecule has 0 aromatic rings. The summed E-state index contributed by atoms with van der Waals surface area (Å²) in [4.78, 5) is 19.3.